The average Bonchev–Trinajstić information content (AvgIpc) is 2.38. The zero-order chi connectivity index (χ0) is 13.8. The average molecular weight is 267 g/mol. The van der Waals surface area contributed by atoms with Crippen molar-refractivity contribution in [2.75, 3.05) is 39.8 Å². The Bertz CT molecular complexity index is 261. The summed E-state index contributed by atoms with van der Waals surface area (Å²) in [6.45, 7) is 13.4. The Hall–Kier alpha value is -0.120. The third kappa shape index (κ3) is 4.44. The van der Waals surface area contributed by atoms with Crippen LogP contribution in [0.15, 0.2) is 0 Å². The van der Waals surface area contributed by atoms with E-state index in [4.69, 9.17) is 0 Å². The molecule has 3 atom stereocenters. The fourth-order valence-electron chi connectivity index (χ4n) is 3.52. The van der Waals surface area contributed by atoms with Crippen molar-refractivity contribution < 1.29 is 0 Å². The van der Waals surface area contributed by atoms with Gasteiger partial charge in [0.1, 0.15) is 0 Å². The van der Waals surface area contributed by atoms with E-state index < -0.39 is 0 Å². The summed E-state index contributed by atoms with van der Waals surface area (Å²) in [6.07, 6.45) is 4.08. The summed E-state index contributed by atoms with van der Waals surface area (Å²) < 4.78 is 0. The smallest absolute Gasteiger partial charge is 0.0120 e. The van der Waals surface area contributed by atoms with Crippen LogP contribution in [0.3, 0.4) is 0 Å². The quantitative estimate of drug-likeness (QED) is 0.841. The third-order valence-electron chi connectivity index (χ3n) is 5.32. The van der Waals surface area contributed by atoms with Gasteiger partial charge >= 0.3 is 0 Å². The van der Waals surface area contributed by atoms with Crippen molar-refractivity contribution in [2.45, 2.75) is 52.1 Å². The third-order valence-corrected chi connectivity index (χ3v) is 5.32. The molecular weight excluding hydrogens is 234 g/mol. The maximum Gasteiger partial charge on any atom is 0.0120 e. The zero-order valence-electron chi connectivity index (χ0n) is 13.4. The first-order chi connectivity index (χ1) is 9.06. The Labute approximate surface area is 119 Å². The van der Waals surface area contributed by atoms with Gasteiger partial charge in [-0.05, 0) is 58.2 Å². The molecule has 1 N–H and O–H groups in total. The van der Waals surface area contributed by atoms with Crippen molar-refractivity contribution in [3.05, 3.63) is 0 Å². The lowest BCUT2D eigenvalue weighted by atomic mass is 9.90. The molecule has 19 heavy (non-hydrogen) atoms. The first-order valence-corrected chi connectivity index (χ1v) is 8.22. The highest BCUT2D eigenvalue weighted by atomic mass is 15.2. The van der Waals surface area contributed by atoms with E-state index in [9.17, 15) is 0 Å². The zero-order valence-corrected chi connectivity index (χ0v) is 13.4. The van der Waals surface area contributed by atoms with E-state index in [0.29, 0.717) is 0 Å². The number of likely N-dealkylation sites (tertiary alicyclic amines) is 2. The van der Waals surface area contributed by atoms with Crippen LogP contribution >= 0.6 is 0 Å². The molecule has 2 saturated heterocycles. The van der Waals surface area contributed by atoms with Crippen LogP contribution in [0.4, 0.5) is 0 Å². The van der Waals surface area contributed by atoms with E-state index in [0.717, 1.165) is 23.9 Å². The predicted octanol–water partition coefficient (Wildman–Crippen LogP) is 2.04. The number of rotatable bonds is 4. The molecule has 3 nitrogen and oxygen atoms in total. The summed E-state index contributed by atoms with van der Waals surface area (Å²) in [4.78, 5) is 5.13. The molecule has 0 aromatic rings. The Morgan fingerprint density at radius 3 is 2.47 bits per heavy atom. The second-order valence-corrected chi connectivity index (χ2v) is 7.09. The monoisotopic (exact) mass is 267 g/mol. The van der Waals surface area contributed by atoms with Crippen molar-refractivity contribution in [3.63, 3.8) is 0 Å². The molecule has 2 aliphatic heterocycles. The van der Waals surface area contributed by atoms with E-state index in [1.165, 1.54) is 52.0 Å². The van der Waals surface area contributed by atoms with Crippen LogP contribution in [0.1, 0.15) is 40.0 Å². The SMILES string of the molecule is CC1CCN(CCNC2CC(C)N(C)CC2C)CC1. The van der Waals surface area contributed by atoms with Crippen LogP contribution in [-0.4, -0.2) is 61.7 Å². The highest BCUT2D eigenvalue weighted by Gasteiger charge is 2.28. The van der Waals surface area contributed by atoms with Gasteiger partial charge in [0.15, 0.2) is 0 Å². The number of hydrogen-bond donors (Lipinski definition) is 1. The van der Waals surface area contributed by atoms with Crippen molar-refractivity contribution in [3.8, 4) is 0 Å². The summed E-state index contributed by atoms with van der Waals surface area (Å²) in [7, 11) is 2.26. The van der Waals surface area contributed by atoms with Gasteiger partial charge in [-0.15, -0.1) is 0 Å². The van der Waals surface area contributed by atoms with Gasteiger partial charge < -0.3 is 15.1 Å². The van der Waals surface area contributed by atoms with E-state index in [2.05, 4.69) is 42.9 Å². The molecule has 0 aliphatic carbocycles. The molecule has 2 aliphatic rings. The Balaban J connectivity index is 1.65. The second kappa shape index (κ2) is 7.05. The van der Waals surface area contributed by atoms with Crippen molar-refractivity contribution in [1.82, 2.24) is 15.1 Å². The molecule has 0 aromatic carbocycles. The summed E-state index contributed by atoms with van der Waals surface area (Å²) >= 11 is 0. The number of hydrogen-bond acceptors (Lipinski definition) is 3. The minimum Gasteiger partial charge on any atom is -0.312 e. The van der Waals surface area contributed by atoms with E-state index in [1.54, 1.807) is 0 Å². The fraction of sp³-hybridized carbons (Fsp3) is 1.00. The second-order valence-electron chi connectivity index (χ2n) is 7.09. The Kier molecular flexibility index (Phi) is 5.67. The van der Waals surface area contributed by atoms with Crippen molar-refractivity contribution >= 4 is 0 Å². The minimum absolute atomic E-state index is 0.718. The highest BCUT2D eigenvalue weighted by molar-refractivity contribution is 4.86. The minimum atomic E-state index is 0.718. The van der Waals surface area contributed by atoms with Crippen LogP contribution in [-0.2, 0) is 0 Å². The van der Waals surface area contributed by atoms with Crippen LogP contribution in [0.25, 0.3) is 0 Å². The first kappa shape index (κ1) is 15.3. The normalized spacial score (nSPS) is 35.7. The Morgan fingerprint density at radius 2 is 1.79 bits per heavy atom. The van der Waals surface area contributed by atoms with E-state index in [-0.39, 0.29) is 0 Å². The molecule has 0 aromatic heterocycles. The van der Waals surface area contributed by atoms with Gasteiger partial charge in [-0.2, -0.15) is 0 Å². The molecule has 0 spiro atoms. The summed E-state index contributed by atoms with van der Waals surface area (Å²) in [6, 6.07) is 1.44. The van der Waals surface area contributed by atoms with Crippen molar-refractivity contribution in [2.24, 2.45) is 11.8 Å². The number of piperidine rings is 2. The van der Waals surface area contributed by atoms with Gasteiger partial charge in [0, 0.05) is 31.7 Å². The van der Waals surface area contributed by atoms with Crippen LogP contribution in [0.2, 0.25) is 0 Å². The van der Waals surface area contributed by atoms with Crippen LogP contribution < -0.4 is 5.32 Å². The molecule has 2 heterocycles. The molecule has 0 amide bonds. The maximum atomic E-state index is 3.81. The first-order valence-electron chi connectivity index (χ1n) is 8.22. The molecule has 112 valence electrons. The number of nitrogens with zero attached hydrogens (tertiary/aromatic N) is 2. The summed E-state index contributed by atoms with van der Waals surface area (Å²) in [5, 5.41) is 3.81. The molecule has 2 fully saturated rings. The molecular formula is C16H33N3. The van der Waals surface area contributed by atoms with Gasteiger partial charge in [-0.1, -0.05) is 13.8 Å². The molecule has 0 bridgehead atoms. The lowest BCUT2D eigenvalue weighted by Gasteiger charge is -2.40. The lowest BCUT2D eigenvalue weighted by molar-refractivity contribution is 0.117. The maximum absolute atomic E-state index is 3.81. The topological polar surface area (TPSA) is 18.5 Å². The lowest BCUT2D eigenvalue weighted by Crippen LogP contribution is -2.52. The largest absolute Gasteiger partial charge is 0.312 e. The molecule has 3 heteroatoms. The van der Waals surface area contributed by atoms with Crippen LogP contribution in [0, 0.1) is 11.8 Å². The van der Waals surface area contributed by atoms with Gasteiger partial charge in [-0.25, -0.2) is 0 Å². The summed E-state index contributed by atoms with van der Waals surface area (Å²) in [5.74, 6) is 1.72. The Morgan fingerprint density at radius 1 is 1.11 bits per heavy atom. The van der Waals surface area contributed by atoms with Gasteiger partial charge in [0.2, 0.25) is 0 Å². The fourth-order valence-corrected chi connectivity index (χ4v) is 3.52. The standard InChI is InChI=1S/C16H33N3/c1-13-5-8-19(9-6-13)10-7-17-16-11-15(3)18(4)12-14(16)2/h13-17H,5-12H2,1-4H3. The van der Waals surface area contributed by atoms with E-state index in [1.807, 2.05) is 0 Å². The predicted molar refractivity (Wildman–Crippen MR) is 82.5 cm³/mol. The van der Waals surface area contributed by atoms with Crippen molar-refractivity contribution in [1.29, 1.82) is 0 Å². The molecule has 2 rings (SSSR count). The number of nitrogens with one attached hydrogen (secondary N) is 1. The highest BCUT2D eigenvalue weighted by Crippen LogP contribution is 2.20. The molecule has 0 saturated carbocycles. The molecule has 0 radical (unpaired) electrons. The molecule has 3 unspecified atom stereocenters. The van der Waals surface area contributed by atoms with Crippen LogP contribution in [0.5, 0.6) is 0 Å². The van der Waals surface area contributed by atoms with Gasteiger partial charge in [0.25, 0.3) is 0 Å². The summed E-state index contributed by atoms with van der Waals surface area (Å²) in [5.41, 5.74) is 0. The van der Waals surface area contributed by atoms with E-state index >= 15 is 0 Å². The van der Waals surface area contributed by atoms with Gasteiger partial charge in [-0.3, -0.25) is 0 Å². The van der Waals surface area contributed by atoms with Gasteiger partial charge in [0.05, 0.1) is 0 Å².